The molecule has 21 heavy (non-hydrogen) atoms. The Morgan fingerprint density at radius 2 is 1.90 bits per heavy atom. The second-order valence-corrected chi connectivity index (χ2v) is 6.50. The highest BCUT2D eigenvalue weighted by Gasteiger charge is 2.54. The van der Waals surface area contributed by atoms with Crippen molar-refractivity contribution in [2.75, 3.05) is 19.8 Å². The van der Waals surface area contributed by atoms with Crippen LogP contribution in [0.5, 0.6) is 0 Å². The highest BCUT2D eigenvalue weighted by molar-refractivity contribution is 5.82. The van der Waals surface area contributed by atoms with Crippen LogP contribution in [0.4, 0.5) is 0 Å². The monoisotopic (exact) mass is 297 g/mol. The van der Waals surface area contributed by atoms with Crippen molar-refractivity contribution < 1.29 is 14.3 Å². The van der Waals surface area contributed by atoms with Crippen molar-refractivity contribution in [3.63, 3.8) is 0 Å². The van der Waals surface area contributed by atoms with E-state index in [0.717, 1.165) is 25.9 Å². The van der Waals surface area contributed by atoms with Crippen LogP contribution in [0.25, 0.3) is 0 Å². The van der Waals surface area contributed by atoms with E-state index in [1.165, 1.54) is 32.1 Å². The first-order chi connectivity index (χ1) is 10.2. The van der Waals surface area contributed by atoms with Crippen LogP contribution in [-0.4, -0.2) is 37.4 Å². The molecule has 1 unspecified atom stereocenters. The third kappa shape index (κ3) is 4.96. The van der Waals surface area contributed by atoms with Crippen LogP contribution in [-0.2, 0) is 14.3 Å². The fourth-order valence-corrected chi connectivity index (χ4v) is 2.85. The van der Waals surface area contributed by atoms with Crippen molar-refractivity contribution in [3.8, 4) is 0 Å². The SMILES string of the molecule is CCCCCCOCC(NC1CC1)(C(=O)OCC)C1CC1. The Balaban J connectivity index is 1.85. The molecule has 2 aliphatic carbocycles. The van der Waals surface area contributed by atoms with E-state index in [1.54, 1.807) is 0 Å². The van der Waals surface area contributed by atoms with Crippen LogP contribution < -0.4 is 5.32 Å². The van der Waals surface area contributed by atoms with Gasteiger partial charge in [0.25, 0.3) is 0 Å². The van der Waals surface area contributed by atoms with Gasteiger partial charge in [0.2, 0.25) is 0 Å². The summed E-state index contributed by atoms with van der Waals surface area (Å²) in [6.07, 6.45) is 9.35. The molecule has 122 valence electrons. The lowest BCUT2D eigenvalue weighted by Crippen LogP contribution is -2.59. The van der Waals surface area contributed by atoms with Crippen molar-refractivity contribution in [2.24, 2.45) is 5.92 Å². The normalized spacial score (nSPS) is 21.0. The summed E-state index contributed by atoms with van der Waals surface area (Å²) in [5.74, 6) is 0.292. The molecule has 0 radical (unpaired) electrons. The lowest BCUT2D eigenvalue weighted by Gasteiger charge is -2.32. The van der Waals surface area contributed by atoms with Gasteiger partial charge in [-0.3, -0.25) is 5.32 Å². The van der Waals surface area contributed by atoms with E-state index in [9.17, 15) is 4.79 Å². The maximum atomic E-state index is 12.5. The molecule has 0 saturated heterocycles. The lowest BCUT2D eigenvalue weighted by molar-refractivity contribution is -0.155. The van der Waals surface area contributed by atoms with Gasteiger partial charge in [-0.15, -0.1) is 0 Å². The van der Waals surface area contributed by atoms with Crippen LogP contribution in [0.2, 0.25) is 0 Å². The second-order valence-electron chi connectivity index (χ2n) is 6.50. The average molecular weight is 297 g/mol. The molecular weight excluding hydrogens is 266 g/mol. The van der Waals surface area contributed by atoms with Crippen molar-refractivity contribution in [2.45, 2.75) is 76.8 Å². The molecule has 1 N–H and O–H groups in total. The zero-order chi connectivity index (χ0) is 15.1. The molecule has 2 aliphatic rings. The molecule has 4 nitrogen and oxygen atoms in total. The third-order valence-corrected chi connectivity index (χ3v) is 4.42. The number of carbonyl (C=O) groups is 1. The van der Waals surface area contributed by atoms with Gasteiger partial charge >= 0.3 is 5.97 Å². The van der Waals surface area contributed by atoms with Crippen LogP contribution in [0.15, 0.2) is 0 Å². The summed E-state index contributed by atoms with van der Waals surface area (Å²) in [7, 11) is 0. The number of ether oxygens (including phenoxy) is 2. The largest absolute Gasteiger partial charge is 0.465 e. The van der Waals surface area contributed by atoms with Gasteiger partial charge in [0.15, 0.2) is 0 Å². The molecule has 0 amide bonds. The van der Waals surface area contributed by atoms with Gasteiger partial charge in [0.1, 0.15) is 5.54 Å². The van der Waals surface area contributed by atoms with E-state index < -0.39 is 5.54 Å². The first kappa shape index (κ1) is 16.8. The quantitative estimate of drug-likeness (QED) is 0.444. The fraction of sp³-hybridized carbons (Fsp3) is 0.941. The molecule has 0 heterocycles. The summed E-state index contributed by atoms with van der Waals surface area (Å²) in [5.41, 5.74) is -0.581. The predicted octanol–water partition coefficient (Wildman–Crippen LogP) is 3.05. The Morgan fingerprint density at radius 1 is 1.14 bits per heavy atom. The van der Waals surface area contributed by atoms with E-state index >= 15 is 0 Å². The van der Waals surface area contributed by atoms with Gasteiger partial charge in [0, 0.05) is 12.6 Å². The number of hydrogen-bond donors (Lipinski definition) is 1. The van der Waals surface area contributed by atoms with Gasteiger partial charge in [0.05, 0.1) is 13.2 Å². The summed E-state index contributed by atoms with van der Waals surface area (Å²) in [6.45, 7) is 5.74. The van der Waals surface area contributed by atoms with Gasteiger partial charge in [-0.05, 0) is 44.9 Å². The third-order valence-electron chi connectivity index (χ3n) is 4.42. The molecule has 2 saturated carbocycles. The molecule has 0 aromatic rings. The van der Waals surface area contributed by atoms with E-state index in [1.807, 2.05) is 6.92 Å². The number of hydrogen-bond acceptors (Lipinski definition) is 4. The molecule has 0 spiro atoms. The first-order valence-corrected chi connectivity index (χ1v) is 8.75. The molecule has 2 rings (SSSR count). The smallest absolute Gasteiger partial charge is 0.329 e. The molecule has 0 aliphatic heterocycles. The van der Waals surface area contributed by atoms with Crippen LogP contribution >= 0.6 is 0 Å². The summed E-state index contributed by atoms with van der Waals surface area (Å²) in [4.78, 5) is 12.5. The van der Waals surface area contributed by atoms with E-state index in [4.69, 9.17) is 9.47 Å². The Labute approximate surface area is 129 Å². The van der Waals surface area contributed by atoms with Crippen LogP contribution in [0.3, 0.4) is 0 Å². The topological polar surface area (TPSA) is 47.6 Å². The highest BCUT2D eigenvalue weighted by Crippen LogP contribution is 2.42. The van der Waals surface area contributed by atoms with Gasteiger partial charge in [-0.25, -0.2) is 4.79 Å². The molecule has 1 atom stereocenters. The molecule has 0 aromatic heterocycles. The van der Waals surface area contributed by atoms with Crippen LogP contribution in [0.1, 0.15) is 65.2 Å². The maximum absolute atomic E-state index is 12.5. The number of carbonyl (C=O) groups excluding carboxylic acids is 1. The predicted molar refractivity (Wildman–Crippen MR) is 83.2 cm³/mol. The van der Waals surface area contributed by atoms with Crippen LogP contribution in [0, 0.1) is 5.92 Å². The molecule has 2 fully saturated rings. The fourth-order valence-electron chi connectivity index (χ4n) is 2.85. The van der Waals surface area contributed by atoms with E-state index in [0.29, 0.717) is 25.2 Å². The summed E-state index contributed by atoms with van der Waals surface area (Å²) >= 11 is 0. The average Bonchev–Trinajstić information content (AvgIpc) is 3.35. The van der Waals surface area contributed by atoms with Gasteiger partial charge in [-0.1, -0.05) is 26.2 Å². The molecule has 4 heteroatoms. The van der Waals surface area contributed by atoms with E-state index in [2.05, 4.69) is 12.2 Å². The molecule has 0 aromatic carbocycles. The van der Waals surface area contributed by atoms with Crippen molar-refractivity contribution in [1.82, 2.24) is 5.32 Å². The molecule has 0 bridgehead atoms. The Hall–Kier alpha value is -0.610. The highest BCUT2D eigenvalue weighted by atomic mass is 16.5. The van der Waals surface area contributed by atoms with E-state index in [-0.39, 0.29) is 5.97 Å². The number of esters is 1. The lowest BCUT2D eigenvalue weighted by atomic mass is 9.93. The minimum absolute atomic E-state index is 0.104. The zero-order valence-corrected chi connectivity index (χ0v) is 13.7. The number of rotatable bonds is 12. The second kappa shape index (κ2) is 8.14. The number of unbranched alkanes of at least 4 members (excludes halogenated alkanes) is 3. The summed E-state index contributed by atoms with van der Waals surface area (Å²) < 4.78 is 11.2. The maximum Gasteiger partial charge on any atom is 0.329 e. The standard InChI is InChI=1S/C17H31NO3/c1-3-5-6-7-12-20-13-17(14-8-9-14,16(19)21-4-2)18-15-10-11-15/h14-15,18H,3-13H2,1-2H3. The van der Waals surface area contributed by atoms with Gasteiger partial charge in [-0.2, -0.15) is 0 Å². The van der Waals surface area contributed by atoms with Crippen molar-refractivity contribution in [3.05, 3.63) is 0 Å². The van der Waals surface area contributed by atoms with Crippen molar-refractivity contribution >= 4 is 5.97 Å². The summed E-state index contributed by atoms with van der Waals surface area (Å²) in [5, 5.41) is 3.55. The minimum Gasteiger partial charge on any atom is -0.465 e. The summed E-state index contributed by atoms with van der Waals surface area (Å²) in [6, 6.07) is 0.485. The van der Waals surface area contributed by atoms with Crippen molar-refractivity contribution in [1.29, 1.82) is 0 Å². The zero-order valence-electron chi connectivity index (χ0n) is 13.7. The minimum atomic E-state index is -0.581. The Kier molecular flexibility index (Phi) is 6.49. The Morgan fingerprint density at radius 3 is 2.48 bits per heavy atom. The Bertz CT molecular complexity index is 326. The van der Waals surface area contributed by atoms with Gasteiger partial charge < -0.3 is 9.47 Å². The first-order valence-electron chi connectivity index (χ1n) is 8.75. The number of nitrogens with one attached hydrogen (secondary N) is 1. The molecular formula is C17H31NO3.